The summed E-state index contributed by atoms with van der Waals surface area (Å²) >= 11 is 0. The summed E-state index contributed by atoms with van der Waals surface area (Å²) in [5.41, 5.74) is 7.73. The summed E-state index contributed by atoms with van der Waals surface area (Å²) in [5, 5.41) is 0. The number of hydrogen-bond acceptors (Lipinski definition) is 3. The highest BCUT2D eigenvalue weighted by molar-refractivity contribution is 5.59. The van der Waals surface area contributed by atoms with Gasteiger partial charge in [-0.1, -0.05) is 6.07 Å². The Kier molecular flexibility index (Phi) is 3.14. The maximum atomic E-state index is 5.55. The number of anilines is 1. The quantitative estimate of drug-likeness (QED) is 0.760. The molecule has 0 saturated heterocycles. The van der Waals surface area contributed by atoms with Crippen molar-refractivity contribution in [2.75, 3.05) is 26.1 Å². The zero-order valence-electron chi connectivity index (χ0n) is 8.37. The van der Waals surface area contributed by atoms with Crippen LogP contribution >= 0.6 is 0 Å². The topological polar surface area (TPSA) is 38.5 Å². The molecule has 3 nitrogen and oxygen atoms in total. The predicted molar refractivity (Wildman–Crippen MR) is 55.2 cm³/mol. The maximum Gasteiger partial charge on any atom is 0.142 e. The van der Waals surface area contributed by atoms with Gasteiger partial charge in [-0.2, -0.15) is 0 Å². The molecule has 72 valence electrons. The van der Waals surface area contributed by atoms with Crippen LogP contribution in [-0.2, 0) is 6.54 Å². The smallest absolute Gasteiger partial charge is 0.142 e. The van der Waals surface area contributed by atoms with E-state index in [1.807, 2.05) is 37.2 Å². The van der Waals surface area contributed by atoms with E-state index < -0.39 is 0 Å². The zero-order valence-corrected chi connectivity index (χ0v) is 8.37. The number of ether oxygens (including phenoxy) is 1. The summed E-state index contributed by atoms with van der Waals surface area (Å²) in [4.78, 5) is 2.01. The van der Waals surface area contributed by atoms with Crippen molar-refractivity contribution in [1.29, 1.82) is 0 Å². The molecule has 0 aliphatic heterocycles. The van der Waals surface area contributed by atoms with E-state index in [1.54, 1.807) is 7.11 Å². The van der Waals surface area contributed by atoms with Gasteiger partial charge in [0.25, 0.3) is 0 Å². The Labute approximate surface area is 79.1 Å². The molecule has 1 aromatic carbocycles. The van der Waals surface area contributed by atoms with Crippen LogP contribution in [0.1, 0.15) is 5.56 Å². The van der Waals surface area contributed by atoms with Crippen molar-refractivity contribution >= 4 is 5.69 Å². The Morgan fingerprint density at radius 3 is 2.54 bits per heavy atom. The molecule has 0 unspecified atom stereocenters. The van der Waals surface area contributed by atoms with Gasteiger partial charge in [-0.25, -0.2) is 0 Å². The van der Waals surface area contributed by atoms with Crippen LogP contribution in [-0.4, -0.2) is 21.2 Å². The first-order chi connectivity index (χ1) is 6.19. The molecule has 0 aliphatic rings. The molecule has 3 heteroatoms. The molecule has 0 spiro atoms. The number of rotatable bonds is 3. The lowest BCUT2D eigenvalue weighted by molar-refractivity contribution is 0.415. The summed E-state index contributed by atoms with van der Waals surface area (Å²) in [6.45, 7) is 0.560. The van der Waals surface area contributed by atoms with E-state index in [9.17, 15) is 0 Å². The van der Waals surface area contributed by atoms with Gasteiger partial charge in [0.2, 0.25) is 0 Å². The fourth-order valence-corrected chi connectivity index (χ4v) is 1.21. The Morgan fingerprint density at radius 2 is 2.08 bits per heavy atom. The molecule has 0 bridgehead atoms. The summed E-state index contributed by atoms with van der Waals surface area (Å²) in [6, 6.07) is 5.96. The van der Waals surface area contributed by atoms with Crippen molar-refractivity contribution in [1.82, 2.24) is 0 Å². The van der Waals surface area contributed by atoms with Crippen LogP contribution in [0.15, 0.2) is 18.2 Å². The molecule has 0 atom stereocenters. The van der Waals surface area contributed by atoms with E-state index in [1.165, 1.54) is 0 Å². The van der Waals surface area contributed by atoms with Crippen LogP contribution in [0.4, 0.5) is 5.69 Å². The van der Waals surface area contributed by atoms with Gasteiger partial charge in [0, 0.05) is 20.6 Å². The van der Waals surface area contributed by atoms with E-state index in [4.69, 9.17) is 10.5 Å². The maximum absolute atomic E-state index is 5.55. The Bertz CT molecular complexity index is 284. The third kappa shape index (κ3) is 2.12. The average molecular weight is 180 g/mol. The number of hydrogen-bond donors (Lipinski definition) is 1. The lowest BCUT2D eigenvalue weighted by atomic mass is 10.2. The van der Waals surface area contributed by atoms with Gasteiger partial charge in [-0.15, -0.1) is 0 Å². The highest BCUT2D eigenvalue weighted by Crippen LogP contribution is 2.27. The van der Waals surface area contributed by atoms with Crippen LogP contribution in [0.25, 0.3) is 0 Å². The molecule has 13 heavy (non-hydrogen) atoms. The molecule has 0 aliphatic carbocycles. The van der Waals surface area contributed by atoms with Gasteiger partial charge >= 0.3 is 0 Å². The van der Waals surface area contributed by atoms with Gasteiger partial charge in [0.05, 0.1) is 12.8 Å². The first-order valence-corrected chi connectivity index (χ1v) is 4.23. The summed E-state index contributed by atoms with van der Waals surface area (Å²) in [5.74, 6) is 0.877. The number of nitrogens with zero attached hydrogens (tertiary/aromatic N) is 1. The fourth-order valence-electron chi connectivity index (χ4n) is 1.21. The van der Waals surface area contributed by atoms with Gasteiger partial charge in [0.15, 0.2) is 0 Å². The SMILES string of the molecule is COc1ccc(CN)cc1N(C)C. The monoisotopic (exact) mass is 180 g/mol. The second-order valence-electron chi connectivity index (χ2n) is 3.10. The Hall–Kier alpha value is -1.22. The minimum atomic E-state index is 0.560. The lowest BCUT2D eigenvalue weighted by Gasteiger charge is -2.17. The van der Waals surface area contributed by atoms with Crippen LogP contribution in [0.3, 0.4) is 0 Å². The molecule has 0 aromatic heterocycles. The van der Waals surface area contributed by atoms with Crippen molar-refractivity contribution in [3.05, 3.63) is 23.8 Å². The first kappa shape index (κ1) is 9.86. The van der Waals surface area contributed by atoms with Crippen LogP contribution in [0.5, 0.6) is 5.75 Å². The van der Waals surface area contributed by atoms with Crippen molar-refractivity contribution in [3.8, 4) is 5.75 Å². The minimum Gasteiger partial charge on any atom is -0.495 e. The third-order valence-corrected chi connectivity index (χ3v) is 1.96. The van der Waals surface area contributed by atoms with Crippen molar-refractivity contribution < 1.29 is 4.74 Å². The van der Waals surface area contributed by atoms with Gasteiger partial charge in [-0.05, 0) is 17.7 Å². The second kappa shape index (κ2) is 4.14. The molecule has 0 amide bonds. The molecule has 2 N–H and O–H groups in total. The highest BCUT2D eigenvalue weighted by Gasteiger charge is 2.04. The summed E-state index contributed by atoms with van der Waals surface area (Å²) < 4.78 is 5.22. The Morgan fingerprint density at radius 1 is 1.38 bits per heavy atom. The van der Waals surface area contributed by atoms with E-state index in [2.05, 4.69) is 0 Å². The van der Waals surface area contributed by atoms with E-state index in [-0.39, 0.29) is 0 Å². The van der Waals surface area contributed by atoms with Crippen LogP contribution in [0.2, 0.25) is 0 Å². The Balaban J connectivity index is 3.10. The molecule has 0 heterocycles. The first-order valence-electron chi connectivity index (χ1n) is 4.23. The minimum absolute atomic E-state index is 0.560. The van der Waals surface area contributed by atoms with Crippen LogP contribution < -0.4 is 15.4 Å². The molecule has 1 rings (SSSR count). The molecular formula is C10H16N2O. The molecule has 0 radical (unpaired) electrons. The summed E-state index contributed by atoms with van der Waals surface area (Å²) in [6.07, 6.45) is 0. The standard InChI is InChI=1S/C10H16N2O/c1-12(2)9-6-8(7-11)4-5-10(9)13-3/h4-6H,7,11H2,1-3H3. The molecular weight excluding hydrogens is 164 g/mol. The number of benzene rings is 1. The molecule has 1 aromatic rings. The normalized spacial score (nSPS) is 9.85. The number of methoxy groups -OCH3 is 1. The molecule has 0 fully saturated rings. The van der Waals surface area contributed by atoms with E-state index in [0.29, 0.717) is 6.54 Å². The number of nitrogens with two attached hydrogens (primary N) is 1. The lowest BCUT2D eigenvalue weighted by Crippen LogP contribution is -2.11. The fraction of sp³-hybridized carbons (Fsp3) is 0.400. The zero-order chi connectivity index (χ0) is 9.84. The van der Waals surface area contributed by atoms with E-state index in [0.717, 1.165) is 17.0 Å². The highest BCUT2D eigenvalue weighted by atomic mass is 16.5. The van der Waals surface area contributed by atoms with Gasteiger partial charge in [-0.3, -0.25) is 0 Å². The molecule has 0 saturated carbocycles. The van der Waals surface area contributed by atoms with Crippen molar-refractivity contribution in [2.24, 2.45) is 5.73 Å². The third-order valence-electron chi connectivity index (χ3n) is 1.96. The predicted octanol–water partition coefficient (Wildman–Crippen LogP) is 1.22. The van der Waals surface area contributed by atoms with Crippen LogP contribution in [0, 0.1) is 0 Å². The van der Waals surface area contributed by atoms with Gasteiger partial charge < -0.3 is 15.4 Å². The summed E-state index contributed by atoms with van der Waals surface area (Å²) in [7, 11) is 5.64. The van der Waals surface area contributed by atoms with E-state index >= 15 is 0 Å². The second-order valence-corrected chi connectivity index (χ2v) is 3.10. The average Bonchev–Trinajstić information content (AvgIpc) is 2.16. The van der Waals surface area contributed by atoms with Gasteiger partial charge in [0.1, 0.15) is 5.75 Å². The van der Waals surface area contributed by atoms with Crippen molar-refractivity contribution in [3.63, 3.8) is 0 Å². The largest absolute Gasteiger partial charge is 0.495 e. The van der Waals surface area contributed by atoms with Crippen molar-refractivity contribution in [2.45, 2.75) is 6.54 Å².